The van der Waals surface area contributed by atoms with Gasteiger partial charge in [0.15, 0.2) is 17.0 Å². The molecule has 0 N–H and O–H groups in total. The molecule has 4 aromatic heterocycles. The summed E-state index contributed by atoms with van der Waals surface area (Å²) in [5.74, 6) is 1.37. The van der Waals surface area contributed by atoms with E-state index in [0.717, 1.165) is 11.3 Å². The Hall–Kier alpha value is -3.24. The van der Waals surface area contributed by atoms with Crippen molar-refractivity contribution in [3.05, 3.63) is 24.0 Å². The van der Waals surface area contributed by atoms with Gasteiger partial charge in [0.25, 0.3) is 0 Å². The van der Waals surface area contributed by atoms with E-state index in [9.17, 15) is 0 Å². The van der Waals surface area contributed by atoms with Crippen molar-refractivity contribution in [2.45, 2.75) is 32.7 Å². The van der Waals surface area contributed by atoms with E-state index >= 15 is 0 Å². The largest absolute Gasteiger partial charge is 0.275 e. The molecule has 0 aromatic carbocycles. The van der Waals surface area contributed by atoms with Crippen LogP contribution in [0.3, 0.4) is 0 Å². The number of nitrogens with zero attached hydrogens (tertiary/aromatic N) is 11. The lowest BCUT2D eigenvalue weighted by Gasteiger charge is -2.17. The first-order chi connectivity index (χ1) is 12.3. The van der Waals surface area contributed by atoms with Crippen LogP contribution < -0.4 is 0 Å². The first-order valence-corrected chi connectivity index (χ1v) is 8.15. The monoisotopic (exact) mass is 353 g/mol. The van der Waals surface area contributed by atoms with Gasteiger partial charge in [-0.1, -0.05) is 26.0 Å². The highest BCUT2D eigenvalue weighted by atomic mass is 15.5. The summed E-state index contributed by atoms with van der Waals surface area (Å²) in [4.78, 5) is 9.49. The maximum atomic E-state index is 4.76. The van der Waals surface area contributed by atoms with E-state index in [0.29, 0.717) is 29.4 Å². The highest BCUT2D eigenvalue weighted by Crippen LogP contribution is 2.28. The molecule has 0 spiro atoms. The maximum absolute atomic E-state index is 4.76. The van der Waals surface area contributed by atoms with Crippen LogP contribution >= 0.6 is 0 Å². The van der Waals surface area contributed by atoms with E-state index in [1.807, 2.05) is 13.2 Å². The van der Waals surface area contributed by atoms with Gasteiger partial charge in [0.05, 0.1) is 6.20 Å². The van der Waals surface area contributed by atoms with Crippen molar-refractivity contribution in [3.8, 4) is 11.3 Å². The predicted molar refractivity (Wildman–Crippen MR) is 91.9 cm³/mol. The molecular formula is C15H19N11. The number of hydrogen-bond acceptors (Lipinski definition) is 8. The van der Waals surface area contributed by atoms with E-state index < -0.39 is 0 Å². The average Bonchev–Trinajstić information content (AvgIpc) is 3.28. The quantitative estimate of drug-likeness (QED) is 0.522. The molecule has 0 atom stereocenters. The Balaban J connectivity index is 1.92. The molecule has 0 aliphatic heterocycles. The lowest BCUT2D eigenvalue weighted by Crippen LogP contribution is -2.17. The predicted octanol–water partition coefficient (Wildman–Crippen LogP) is 0.491. The second kappa shape index (κ2) is 5.64. The first-order valence-electron chi connectivity index (χ1n) is 8.15. The Morgan fingerprint density at radius 3 is 2.46 bits per heavy atom. The van der Waals surface area contributed by atoms with Crippen LogP contribution in [0.2, 0.25) is 0 Å². The van der Waals surface area contributed by atoms with Crippen molar-refractivity contribution in [2.75, 3.05) is 0 Å². The van der Waals surface area contributed by atoms with Crippen molar-refractivity contribution >= 4 is 11.2 Å². The zero-order valence-corrected chi connectivity index (χ0v) is 15.3. The summed E-state index contributed by atoms with van der Waals surface area (Å²) in [5.41, 5.74) is 2.63. The minimum atomic E-state index is -0.230. The summed E-state index contributed by atoms with van der Waals surface area (Å²) in [6.45, 7) is 6.58. The van der Waals surface area contributed by atoms with Gasteiger partial charge < -0.3 is 0 Å². The molecule has 134 valence electrons. The Kier molecular flexibility index (Phi) is 3.53. The van der Waals surface area contributed by atoms with Crippen LogP contribution in [0.15, 0.2) is 12.4 Å². The summed E-state index contributed by atoms with van der Waals surface area (Å²) < 4.78 is 5.02. The lowest BCUT2D eigenvalue weighted by atomic mass is 9.95. The molecule has 0 bridgehead atoms. The van der Waals surface area contributed by atoms with Crippen LogP contribution in [0.1, 0.15) is 32.4 Å². The van der Waals surface area contributed by atoms with E-state index in [2.05, 4.69) is 51.7 Å². The third-order valence-corrected chi connectivity index (χ3v) is 4.01. The fourth-order valence-electron chi connectivity index (χ4n) is 2.56. The van der Waals surface area contributed by atoms with Crippen molar-refractivity contribution in [1.82, 2.24) is 54.9 Å². The number of aromatic nitrogens is 11. The highest BCUT2D eigenvalue weighted by molar-refractivity contribution is 5.86. The van der Waals surface area contributed by atoms with Gasteiger partial charge in [-0.15, -0.1) is 10.2 Å². The summed E-state index contributed by atoms with van der Waals surface area (Å²) in [6, 6.07) is 0. The number of hydrogen-bond donors (Lipinski definition) is 0. The van der Waals surface area contributed by atoms with Crippen molar-refractivity contribution in [3.63, 3.8) is 0 Å². The van der Waals surface area contributed by atoms with Crippen LogP contribution in [-0.4, -0.2) is 54.9 Å². The summed E-state index contributed by atoms with van der Waals surface area (Å²) in [6.07, 6.45) is 3.67. The molecule has 0 aliphatic carbocycles. The van der Waals surface area contributed by atoms with Gasteiger partial charge in [0.2, 0.25) is 0 Å². The number of fused-ring (bicyclic) bond motifs is 1. The molecule has 11 heteroatoms. The van der Waals surface area contributed by atoms with E-state index in [1.54, 1.807) is 27.3 Å². The number of aryl methyl sites for hydroxylation is 2. The van der Waals surface area contributed by atoms with Crippen molar-refractivity contribution < 1.29 is 0 Å². The first kappa shape index (κ1) is 16.2. The van der Waals surface area contributed by atoms with Crippen LogP contribution in [-0.2, 0) is 26.1 Å². The zero-order valence-electron chi connectivity index (χ0n) is 15.3. The fourth-order valence-corrected chi connectivity index (χ4v) is 2.56. The van der Waals surface area contributed by atoms with Crippen LogP contribution in [0.25, 0.3) is 22.4 Å². The molecule has 0 aliphatic rings. The highest BCUT2D eigenvalue weighted by Gasteiger charge is 2.24. The maximum Gasteiger partial charge on any atom is 0.183 e. The lowest BCUT2D eigenvalue weighted by molar-refractivity contribution is 0.544. The minimum absolute atomic E-state index is 0.230. The Bertz CT molecular complexity index is 1080. The molecule has 0 radical (unpaired) electrons. The Morgan fingerprint density at radius 1 is 1.04 bits per heavy atom. The average molecular weight is 353 g/mol. The van der Waals surface area contributed by atoms with Crippen LogP contribution in [0.5, 0.6) is 0 Å². The van der Waals surface area contributed by atoms with E-state index in [-0.39, 0.29) is 5.41 Å². The molecule has 4 rings (SSSR count). The van der Waals surface area contributed by atoms with E-state index in [1.165, 1.54) is 0 Å². The SMILES string of the molecule is Cn1cc(-c2nc(C(C)(C)C)nc3c2nnn3Cc2nnnn2C)cn1. The standard InChI is InChI=1S/C15H19N11/c1-15(2,3)14-17-11(9-6-16-24(4)7-9)12-13(18-14)26(22-20-12)8-10-19-21-23-25(10)5/h6-7H,8H2,1-5H3. The normalized spacial score (nSPS) is 12.2. The van der Waals surface area contributed by atoms with Crippen molar-refractivity contribution in [2.24, 2.45) is 14.1 Å². The molecular weight excluding hydrogens is 334 g/mol. The Labute approximate surface area is 149 Å². The molecule has 0 unspecified atom stereocenters. The Morgan fingerprint density at radius 2 is 1.85 bits per heavy atom. The van der Waals surface area contributed by atoms with Gasteiger partial charge >= 0.3 is 0 Å². The summed E-state index contributed by atoms with van der Waals surface area (Å²) in [5, 5.41) is 24.3. The topological polar surface area (TPSA) is 118 Å². The molecule has 0 fully saturated rings. The summed E-state index contributed by atoms with van der Waals surface area (Å²) in [7, 11) is 3.65. The number of tetrazole rings is 1. The molecule has 11 nitrogen and oxygen atoms in total. The van der Waals surface area contributed by atoms with E-state index in [4.69, 9.17) is 9.97 Å². The van der Waals surface area contributed by atoms with Gasteiger partial charge in [-0.2, -0.15) is 5.10 Å². The molecule has 4 aromatic rings. The van der Waals surface area contributed by atoms with Gasteiger partial charge in [-0.05, 0) is 10.4 Å². The van der Waals surface area contributed by atoms with Crippen molar-refractivity contribution in [1.29, 1.82) is 0 Å². The second-order valence-electron chi connectivity index (χ2n) is 7.19. The molecule has 4 heterocycles. The third kappa shape index (κ3) is 2.70. The smallest absolute Gasteiger partial charge is 0.183 e. The fraction of sp³-hybridized carbons (Fsp3) is 0.467. The van der Waals surface area contributed by atoms with Gasteiger partial charge in [-0.25, -0.2) is 19.3 Å². The van der Waals surface area contributed by atoms with Gasteiger partial charge in [0.1, 0.15) is 18.1 Å². The molecule has 0 amide bonds. The van der Waals surface area contributed by atoms with Gasteiger partial charge in [0, 0.05) is 31.3 Å². The second-order valence-corrected chi connectivity index (χ2v) is 7.19. The summed E-state index contributed by atoms with van der Waals surface area (Å²) >= 11 is 0. The molecule has 26 heavy (non-hydrogen) atoms. The zero-order chi connectivity index (χ0) is 18.5. The minimum Gasteiger partial charge on any atom is -0.275 e. The third-order valence-electron chi connectivity index (χ3n) is 4.01. The van der Waals surface area contributed by atoms with Gasteiger partial charge in [-0.3, -0.25) is 4.68 Å². The van der Waals surface area contributed by atoms with Crippen LogP contribution in [0.4, 0.5) is 0 Å². The number of rotatable bonds is 3. The molecule has 0 saturated heterocycles. The van der Waals surface area contributed by atoms with Crippen LogP contribution in [0, 0.1) is 0 Å². The molecule has 0 saturated carbocycles.